The third-order valence-corrected chi connectivity index (χ3v) is 2.76. The zero-order valence-corrected chi connectivity index (χ0v) is 11.1. The summed E-state index contributed by atoms with van der Waals surface area (Å²) >= 11 is 0. The minimum atomic E-state index is -0.0260. The van der Waals surface area contributed by atoms with E-state index in [-0.39, 0.29) is 5.78 Å². The predicted molar refractivity (Wildman–Crippen MR) is 74.0 cm³/mol. The molecule has 0 aliphatic carbocycles. The summed E-state index contributed by atoms with van der Waals surface area (Å²) in [6.45, 7) is 2.54. The lowest BCUT2D eigenvalue weighted by molar-refractivity contribution is 0.103. The van der Waals surface area contributed by atoms with E-state index >= 15 is 0 Å². The monoisotopic (exact) mass is 256 g/mol. The number of ketones is 1. The molecule has 0 heterocycles. The molecular weight excluding hydrogens is 240 g/mol. The fourth-order valence-corrected chi connectivity index (χ4v) is 1.80. The van der Waals surface area contributed by atoms with Crippen LogP contribution in [0.2, 0.25) is 0 Å². The molecule has 98 valence electrons. The van der Waals surface area contributed by atoms with Gasteiger partial charge in [0.15, 0.2) is 5.78 Å². The van der Waals surface area contributed by atoms with Crippen LogP contribution in [0.1, 0.15) is 22.8 Å². The highest BCUT2D eigenvalue weighted by molar-refractivity contribution is 6.09. The van der Waals surface area contributed by atoms with E-state index in [1.807, 2.05) is 13.0 Å². The molecule has 0 bridgehead atoms. The van der Waals surface area contributed by atoms with Crippen LogP contribution in [-0.2, 0) is 0 Å². The first-order valence-electron chi connectivity index (χ1n) is 6.16. The van der Waals surface area contributed by atoms with Gasteiger partial charge in [-0.2, -0.15) is 0 Å². The summed E-state index contributed by atoms with van der Waals surface area (Å²) in [6, 6.07) is 14.3. The Balaban J connectivity index is 2.22. The van der Waals surface area contributed by atoms with Crippen LogP contribution in [0.25, 0.3) is 0 Å². The summed E-state index contributed by atoms with van der Waals surface area (Å²) in [5, 5.41) is 0. The average Bonchev–Trinajstić information content (AvgIpc) is 2.48. The maximum absolute atomic E-state index is 12.3. The largest absolute Gasteiger partial charge is 0.497 e. The van der Waals surface area contributed by atoms with E-state index in [0.29, 0.717) is 23.5 Å². The molecule has 0 aliphatic rings. The summed E-state index contributed by atoms with van der Waals surface area (Å²) in [7, 11) is 1.58. The second kappa shape index (κ2) is 6.05. The second-order valence-electron chi connectivity index (χ2n) is 4.02. The van der Waals surface area contributed by atoms with E-state index in [1.165, 1.54) is 0 Å². The van der Waals surface area contributed by atoms with Gasteiger partial charge in [-0.3, -0.25) is 4.79 Å². The van der Waals surface area contributed by atoms with Gasteiger partial charge in [0, 0.05) is 11.1 Å². The Morgan fingerprint density at radius 2 is 1.74 bits per heavy atom. The van der Waals surface area contributed by atoms with Crippen LogP contribution in [0.15, 0.2) is 48.5 Å². The summed E-state index contributed by atoms with van der Waals surface area (Å²) in [4.78, 5) is 12.3. The highest BCUT2D eigenvalue weighted by Gasteiger charge is 2.09. The Hall–Kier alpha value is -2.29. The molecule has 3 heteroatoms. The topological polar surface area (TPSA) is 35.5 Å². The lowest BCUT2D eigenvalue weighted by atomic mass is 10.0. The van der Waals surface area contributed by atoms with Crippen molar-refractivity contribution in [2.75, 3.05) is 13.7 Å². The number of hydrogen-bond acceptors (Lipinski definition) is 3. The fraction of sp³-hybridized carbons (Fsp3) is 0.188. The molecule has 0 spiro atoms. The zero-order chi connectivity index (χ0) is 13.7. The van der Waals surface area contributed by atoms with Gasteiger partial charge in [-0.15, -0.1) is 0 Å². The van der Waals surface area contributed by atoms with Crippen molar-refractivity contribution in [3.05, 3.63) is 59.7 Å². The molecule has 0 radical (unpaired) electrons. The van der Waals surface area contributed by atoms with Gasteiger partial charge in [-0.1, -0.05) is 12.1 Å². The van der Waals surface area contributed by atoms with Crippen LogP contribution in [0.5, 0.6) is 11.5 Å². The van der Waals surface area contributed by atoms with Crippen LogP contribution in [0.3, 0.4) is 0 Å². The van der Waals surface area contributed by atoms with Crippen LogP contribution in [0.4, 0.5) is 0 Å². The first kappa shape index (κ1) is 13.1. The number of methoxy groups -OCH3 is 1. The average molecular weight is 256 g/mol. The number of hydrogen-bond donors (Lipinski definition) is 0. The van der Waals surface area contributed by atoms with Crippen molar-refractivity contribution in [3.8, 4) is 11.5 Å². The van der Waals surface area contributed by atoms with Gasteiger partial charge in [0.2, 0.25) is 0 Å². The quantitative estimate of drug-likeness (QED) is 0.770. The molecule has 2 rings (SSSR count). The van der Waals surface area contributed by atoms with E-state index in [9.17, 15) is 4.79 Å². The normalized spacial score (nSPS) is 10.0. The number of rotatable bonds is 5. The Morgan fingerprint density at radius 1 is 1.00 bits per heavy atom. The minimum absolute atomic E-state index is 0.0260. The molecule has 0 amide bonds. The van der Waals surface area contributed by atoms with Gasteiger partial charge < -0.3 is 9.47 Å². The van der Waals surface area contributed by atoms with Crippen molar-refractivity contribution in [1.29, 1.82) is 0 Å². The Kier molecular flexibility index (Phi) is 4.18. The van der Waals surface area contributed by atoms with Crippen molar-refractivity contribution >= 4 is 5.78 Å². The van der Waals surface area contributed by atoms with Gasteiger partial charge in [0.1, 0.15) is 11.5 Å². The minimum Gasteiger partial charge on any atom is -0.497 e. The van der Waals surface area contributed by atoms with E-state index in [4.69, 9.17) is 9.47 Å². The lowest BCUT2D eigenvalue weighted by Crippen LogP contribution is -2.01. The first-order valence-corrected chi connectivity index (χ1v) is 6.16. The molecule has 19 heavy (non-hydrogen) atoms. The molecule has 0 aliphatic heterocycles. The van der Waals surface area contributed by atoms with Crippen LogP contribution in [-0.4, -0.2) is 19.5 Å². The number of benzene rings is 2. The van der Waals surface area contributed by atoms with Crippen molar-refractivity contribution in [2.24, 2.45) is 0 Å². The molecule has 0 saturated carbocycles. The van der Waals surface area contributed by atoms with Gasteiger partial charge in [-0.05, 0) is 43.3 Å². The van der Waals surface area contributed by atoms with Crippen molar-refractivity contribution < 1.29 is 14.3 Å². The van der Waals surface area contributed by atoms with Gasteiger partial charge in [-0.25, -0.2) is 0 Å². The van der Waals surface area contributed by atoms with Crippen LogP contribution < -0.4 is 9.47 Å². The molecular formula is C16H16O3. The Labute approximate surface area is 112 Å². The van der Waals surface area contributed by atoms with E-state index in [1.54, 1.807) is 49.6 Å². The second-order valence-corrected chi connectivity index (χ2v) is 4.02. The smallest absolute Gasteiger partial charge is 0.193 e. The molecule has 2 aromatic rings. The third kappa shape index (κ3) is 3.13. The van der Waals surface area contributed by atoms with Crippen molar-refractivity contribution in [1.82, 2.24) is 0 Å². The van der Waals surface area contributed by atoms with Gasteiger partial charge >= 0.3 is 0 Å². The fourth-order valence-electron chi connectivity index (χ4n) is 1.80. The molecule has 0 N–H and O–H groups in total. The lowest BCUT2D eigenvalue weighted by Gasteiger charge is -2.06. The maximum atomic E-state index is 12.3. The number of ether oxygens (including phenoxy) is 2. The van der Waals surface area contributed by atoms with Gasteiger partial charge in [0.05, 0.1) is 13.7 Å². The highest BCUT2D eigenvalue weighted by Crippen LogP contribution is 2.18. The van der Waals surface area contributed by atoms with Crippen molar-refractivity contribution in [3.63, 3.8) is 0 Å². The van der Waals surface area contributed by atoms with Crippen LogP contribution >= 0.6 is 0 Å². The number of carbonyl (C=O) groups excluding carboxylic acids is 1. The van der Waals surface area contributed by atoms with E-state index in [0.717, 1.165) is 5.75 Å². The Morgan fingerprint density at radius 3 is 2.37 bits per heavy atom. The first-order chi connectivity index (χ1) is 9.24. The SMILES string of the molecule is CCOc1ccc(C(=O)c2cccc(OC)c2)cc1. The summed E-state index contributed by atoms with van der Waals surface area (Å²) in [6.07, 6.45) is 0. The summed E-state index contributed by atoms with van der Waals surface area (Å²) in [5.41, 5.74) is 1.25. The molecule has 0 aromatic heterocycles. The molecule has 0 atom stereocenters. The Bertz CT molecular complexity index is 558. The molecule has 0 unspecified atom stereocenters. The predicted octanol–water partition coefficient (Wildman–Crippen LogP) is 3.32. The molecule has 3 nitrogen and oxygen atoms in total. The molecule has 0 saturated heterocycles. The highest BCUT2D eigenvalue weighted by atomic mass is 16.5. The van der Waals surface area contributed by atoms with E-state index in [2.05, 4.69) is 0 Å². The molecule has 2 aromatic carbocycles. The number of carbonyl (C=O) groups is 1. The maximum Gasteiger partial charge on any atom is 0.193 e. The standard InChI is InChI=1S/C16H16O3/c1-3-19-14-9-7-12(8-10-14)16(17)13-5-4-6-15(11-13)18-2/h4-11H,3H2,1-2H3. The summed E-state index contributed by atoms with van der Waals surface area (Å²) in [5.74, 6) is 1.42. The third-order valence-electron chi connectivity index (χ3n) is 2.76. The van der Waals surface area contributed by atoms with Crippen LogP contribution in [0, 0.1) is 0 Å². The van der Waals surface area contributed by atoms with Crippen molar-refractivity contribution in [2.45, 2.75) is 6.92 Å². The molecule has 0 fully saturated rings. The zero-order valence-electron chi connectivity index (χ0n) is 11.1. The van der Waals surface area contributed by atoms with Gasteiger partial charge in [0.25, 0.3) is 0 Å². The van der Waals surface area contributed by atoms with E-state index < -0.39 is 0 Å². The summed E-state index contributed by atoms with van der Waals surface area (Å²) < 4.78 is 10.5.